The molecular formula is C24H23N3O4S2. The number of carbonyl (C=O) groups excluding carboxylic acids is 1. The second kappa shape index (κ2) is 9.70. The number of thiazole rings is 1. The standard InChI is InChI=1S/C24H23N3O4S2/c1-17-8-13-22(31-17)24-26-20(16-32-24)14-23(28)25-19-9-11-21(12-10-19)33(29,30)27(2)15-18-6-4-3-5-7-18/h3-13,16H,14-15H2,1-2H3,(H,25,28). The van der Waals surface area contributed by atoms with Gasteiger partial charge >= 0.3 is 0 Å². The third-order valence-corrected chi connectivity index (χ3v) is 7.66. The minimum atomic E-state index is -3.65. The monoisotopic (exact) mass is 481 g/mol. The van der Waals surface area contributed by atoms with Gasteiger partial charge in [0.25, 0.3) is 0 Å². The van der Waals surface area contributed by atoms with Crippen molar-refractivity contribution in [2.75, 3.05) is 12.4 Å². The van der Waals surface area contributed by atoms with E-state index in [0.717, 1.165) is 16.3 Å². The molecule has 0 aliphatic rings. The lowest BCUT2D eigenvalue weighted by atomic mass is 10.2. The van der Waals surface area contributed by atoms with Gasteiger partial charge in [-0.25, -0.2) is 13.4 Å². The molecule has 9 heteroatoms. The molecule has 2 aromatic heterocycles. The number of carbonyl (C=O) groups is 1. The van der Waals surface area contributed by atoms with Gasteiger partial charge in [-0.2, -0.15) is 4.31 Å². The Bertz CT molecular complexity index is 1340. The molecule has 0 spiro atoms. The highest BCUT2D eigenvalue weighted by Crippen LogP contribution is 2.26. The molecule has 0 saturated carbocycles. The molecule has 1 N–H and O–H groups in total. The number of furan rings is 1. The van der Waals surface area contributed by atoms with Gasteiger partial charge in [0.15, 0.2) is 10.8 Å². The van der Waals surface area contributed by atoms with Crippen molar-refractivity contribution in [1.29, 1.82) is 0 Å². The second-order valence-electron chi connectivity index (χ2n) is 7.55. The highest BCUT2D eigenvalue weighted by atomic mass is 32.2. The molecule has 7 nitrogen and oxygen atoms in total. The molecule has 0 aliphatic carbocycles. The van der Waals surface area contributed by atoms with Crippen LogP contribution in [0.5, 0.6) is 0 Å². The van der Waals surface area contributed by atoms with E-state index in [4.69, 9.17) is 4.42 Å². The van der Waals surface area contributed by atoms with Gasteiger partial charge in [0.05, 0.1) is 17.0 Å². The number of benzene rings is 2. The Morgan fingerprint density at radius 2 is 1.79 bits per heavy atom. The largest absolute Gasteiger partial charge is 0.459 e. The van der Waals surface area contributed by atoms with E-state index in [1.165, 1.54) is 27.8 Å². The SMILES string of the molecule is Cc1ccc(-c2nc(CC(=O)Nc3ccc(S(=O)(=O)N(C)Cc4ccccc4)cc3)cs2)o1. The predicted molar refractivity (Wildman–Crippen MR) is 128 cm³/mol. The van der Waals surface area contributed by atoms with Crippen molar-refractivity contribution in [3.8, 4) is 10.8 Å². The molecule has 0 saturated heterocycles. The van der Waals surface area contributed by atoms with E-state index >= 15 is 0 Å². The van der Waals surface area contributed by atoms with Crippen LogP contribution < -0.4 is 5.32 Å². The van der Waals surface area contributed by atoms with Gasteiger partial charge in [-0.15, -0.1) is 11.3 Å². The average Bonchev–Trinajstić information content (AvgIpc) is 3.43. The summed E-state index contributed by atoms with van der Waals surface area (Å²) in [4.78, 5) is 17.0. The smallest absolute Gasteiger partial charge is 0.243 e. The van der Waals surface area contributed by atoms with Crippen molar-refractivity contribution in [3.05, 3.63) is 89.1 Å². The minimum Gasteiger partial charge on any atom is -0.459 e. The molecule has 0 atom stereocenters. The molecule has 0 fully saturated rings. The van der Waals surface area contributed by atoms with E-state index in [1.54, 1.807) is 19.2 Å². The third kappa shape index (κ3) is 5.57. The molecular weight excluding hydrogens is 458 g/mol. The van der Waals surface area contributed by atoms with Crippen molar-refractivity contribution in [3.63, 3.8) is 0 Å². The number of sulfonamides is 1. The number of nitrogens with one attached hydrogen (secondary N) is 1. The van der Waals surface area contributed by atoms with Crippen LogP contribution in [0, 0.1) is 6.92 Å². The number of amides is 1. The number of aryl methyl sites for hydroxylation is 1. The number of nitrogens with zero attached hydrogens (tertiary/aromatic N) is 2. The second-order valence-corrected chi connectivity index (χ2v) is 10.5. The van der Waals surface area contributed by atoms with Gasteiger partial charge in [0, 0.05) is 24.7 Å². The maximum absolute atomic E-state index is 12.9. The fourth-order valence-electron chi connectivity index (χ4n) is 3.24. The quantitative estimate of drug-likeness (QED) is 0.393. The van der Waals surface area contributed by atoms with E-state index in [2.05, 4.69) is 10.3 Å². The van der Waals surface area contributed by atoms with Crippen LogP contribution in [0.3, 0.4) is 0 Å². The summed E-state index contributed by atoms with van der Waals surface area (Å²) in [6.45, 7) is 2.14. The summed E-state index contributed by atoms with van der Waals surface area (Å²) in [6, 6.07) is 19.3. The minimum absolute atomic E-state index is 0.107. The van der Waals surface area contributed by atoms with E-state index in [1.807, 2.05) is 54.8 Å². The van der Waals surface area contributed by atoms with Crippen LogP contribution in [0.25, 0.3) is 10.8 Å². The fraction of sp³-hybridized carbons (Fsp3) is 0.167. The van der Waals surface area contributed by atoms with Crippen LogP contribution in [0.2, 0.25) is 0 Å². The number of rotatable bonds is 8. The zero-order valence-corrected chi connectivity index (χ0v) is 19.8. The van der Waals surface area contributed by atoms with Crippen molar-refractivity contribution < 1.29 is 17.6 Å². The summed E-state index contributed by atoms with van der Waals surface area (Å²) in [5.74, 6) is 1.24. The summed E-state index contributed by atoms with van der Waals surface area (Å²) in [5, 5.41) is 5.33. The van der Waals surface area contributed by atoms with E-state index in [0.29, 0.717) is 17.1 Å². The Kier molecular flexibility index (Phi) is 6.73. The molecule has 33 heavy (non-hydrogen) atoms. The van der Waals surface area contributed by atoms with Crippen LogP contribution >= 0.6 is 11.3 Å². The maximum atomic E-state index is 12.9. The molecule has 0 unspecified atom stereocenters. The first-order chi connectivity index (χ1) is 15.8. The molecule has 0 bridgehead atoms. The van der Waals surface area contributed by atoms with Gasteiger partial charge in [-0.1, -0.05) is 30.3 Å². The van der Waals surface area contributed by atoms with E-state index in [9.17, 15) is 13.2 Å². The zero-order chi connectivity index (χ0) is 23.4. The Morgan fingerprint density at radius 1 is 1.06 bits per heavy atom. The van der Waals surface area contributed by atoms with Gasteiger partial charge in [0.2, 0.25) is 15.9 Å². The zero-order valence-electron chi connectivity index (χ0n) is 18.2. The predicted octanol–water partition coefficient (Wildman–Crippen LogP) is 4.71. The van der Waals surface area contributed by atoms with Crippen LogP contribution in [-0.4, -0.2) is 30.7 Å². The molecule has 1 amide bonds. The third-order valence-electron chi connectivity index (χ3n) is 4.94. The van der Waals surface area contributed by atoms with Crippen molar-refractivity contribution in [2.45, 2.75) is 24.8 Å². The Labute approximate surface area is 196 Å². The van der Waals surface area contributed by atoms with Crippen LogP contribution in [0.15, 0.2) is 81.4 Å². The molecule has 4 aromatic rings. The van der Waals surface area contributed by atoms with Crippen molar-refractivity contribution >= 4 is 33.0 Å². The Morgan fingerprint density at radius 3 is 2.45 bits per heavy atom. The molecule has 4 rings (SSSR count). The summed E-state index contributed by atoms with van der Waals surface area (Å²) < 4.78 is 32.6. The highest BCUT2D eigenvalue weighted by molar-refractivity contribution is 7.89. The molecule has 2 aromatic carbocycles. The first kappa shape index (κ1) is 22.9. The van der Waals surface area contributed by atoms with Gasteiger partial charge in [0.1, 0.15) is 5.76 Å². The van der Waals surface area contributed by atoms with Gasteiger partial charge < -0.3 is 9.73 Å². The lowest BCUT2D eigenvalue weighted by Crippen LogP contribution is -2.26. The fourth-order valence-corrected chi connectivity index (χ4v) is 5.17. The maximum Gasteiger partial charge on any atom is 0.243 e. The van der Waals surface area contributed by atoms with Crippen molar-refractivity contribution in [1.82, 2.24) is 9.29 Å². The molecule has 0 radical (unpaired) electrons. The molecule has 2 heterocycles. The first-order valence-electron chi connectivity index (χ1n) is 10.2. The number of hydrogen-bond donors (Lipinski definition) is 1. The van der Waals surface area contributed by atoms with Crippen molar-refractivity contribution in [2.24, 2.45) is 0 Å². The molecule has 170 valence electrons. The van der Waals surface area contributed by atoms with Crippen LogP contribution in [0.4, 0.5) is 5.69 Å². The van der Waals surface area contributed by atoms with Crippen LogP contribution in [-0.2, 0) is 27.8 Å². The topological polar surface area (TPSA) is 92.5 Å². The average molecular weight is 482 g/mol. The lowest BCUT2D eigenvalue weighted by molar-refractivity contribution is -0.115. The highest BCUT2D eigenvalue weighted by Gasteiger charge is 2.21. The van der Waals surface area contributed by atoms with Gasteiger partial charge in [-0.05, 0) is 48.9 Å². The summed E-state index contributed by atoms with van der Waals surface area (Å²) in [6.07, 6.45) is 0.107. The molecule has 0 aliphatic heterocycles. The number of anilines is 1. The van der Waals surface area contributed by atoms with E-state index in [-0.39, 0.29) is 23.8 Å². The van der Waals surface area contributed by atoms with Crippen LogP contribution in [0.1, 0.15) is 17.0 Å². The summed E-state index contributed by atoms with van der Waals surface area (Å²) in [7, 11) is -2.10. The number of aromatic nitrogens is 1. The lowest BCUT2D eigenvalue weighted by Gasteiger charge is -2.17. The Balaban J connectivity index is 1.37. The van der Waals surface area contributed by atoms with E-state index < -0.39 is 10.0 Å². The van der Waals surface area contributed by atoms with Gasteiger partial charge in [-0.3, -0.25) is 4.79 Å². The number of hydrogen-bond acceptors (Lipinski definition) is 6. The Hall–Kier alpha value is -3.27. The summed E-state index contributed by atoms with van der Waals surface area (Å²) >= 11 is 1.42. The first-order valence-corrected chi connectivity index (χ1v) is 12.5. The summed E-state index contributed by atoms with van der Waals surface area (Å²) in [5.41, 5.74) is 2.06. The normalized spacial score (nSPS) is 11.6.